The molecule has 0 atom stereocenters. The number of aromatic nitrogens is 2. The van der Waals surface area contributed by atoms with Gasteiger partial charge in [-0.05, 0) is 55.0 Å². The summed E-state index contributed by atoms with van der Waals surface area (Å²) in [6, 6.07) is 12.8. The fourth-order valence-corrected chi connectivity index (χ4v) is 5.74. The van der Waals surface area contributed by atoms with E-state index in [-0.39, 0.29) is 0 Å². The van der Waals surface area contributed by atoms with E-state index in [4.69, 9.17) is 9.72 Å². The van der Waals surface area contributed by atoms with Gasteiger partial charge < -0.3 is 15.2 Å². The number of carboxylic acids is 1. The summed E-state index contributed by atoms with van der Waals surface area (Å²) in [7, 11) is 0. The molecule has 2 fully saturated rings. The van der Waals surface area contributed by atoms with Gasteiger partial charge in [0, 0.05) is 16.6 Å². The van der Waals surface area contributed by atoms with E-state index >= 15 is 0 Å². The van der Waals surface area contributed by atoms with Crippen molar-refractivity contribution in [1.29, 1.82) is 0 Å². The SMILES string of the molecule is O=C(O)C1(Sc2nc3c(c(Nc4ccc(C5CC5)c5ccccc45)n2)COC3)CCC1. The first kappa shape index (κ1) is 19.1. The first-order valence-corrected chi connectivity index (χ1v) is 11.6. The molecular formula is C24H23N3O3S. The molecule has 2 N–H and O–H groups in total. The van der Waals surface area contributed by atoms with Gasteiger partial charge in [0.2, 0.25) is 0 Å². The molecule has 3 aliphatic rings. The number of thioether (sulfide) groups is 1. The number of ether oxygens (including phenoxy) is 1. The number of benzene rings is 2. The molecule has 31 heavy (non-hydrogen) atoms. The Labute approximate surface area is 184 Å². The summed E-state index contributed by atoms with van der Waals surface area (Å²) in [4.78, 5) is 21.2. The third-order valence-corrected chi connectivity index (χ3v) is 7.96. The van der Waals surface area contributed by atoms with E-state index in [1.54, 1.807) is 0 Å². The molecule has 158 valence electrons. The van der Waals surface area contributed by atoms with Gasteiger partial charge in [0.15, 0.2) is 5.16 Å². The van der Waals surface area contributed by atoms with Crippen LogP contribution in [0.1, 0.15) is 54.8 Å². The van der Waals surface area contributed by atoms with Gasteiger partial charge in [0.1, 0.15) is 10.6 Å². The summed E-state index contributed by atoms with van der Waals surface area (Å²) in [6.07, 6.45) is 4.76. The van der Waals surface area contributed by atoms with Crippen LogP contribution in [0.5, 0.6) is 0 Å². The second-order valence-electron chi connectivity index (χ2n) is 8.68. The summed E-state index contributed by atoms with van der Waals surface area (Å²) in [5.41, 5.74) is 4.22. The Morgan fingerprint density at radius 2 is 1.90 bits per heavy atom. The maximum Gasteiger partial charge on any atom is 0.320 e. The normalized spacial score (nSPS) is 19.1. The Kier molecular flexibility index (Phi) is 4.43. The molecular weight excluding hydrogens is 410 g/mol. The van der Waals surface area contributed by atoms with Crippen LogP contribution in [0.15, 0.2) is 41.6 Å². The van der Waals surface area contributed by atoms with Crippen LogP contribution in [-0.4, -0.2) is 25.8 Å². The second kappa shape index (κ2) is 7.21. The summed E-state index contributed by atoms with van der Waals surface area (Å²) in [5.74, 6) is 0.614. The van der Waals surface area contributed by atoms with Gasteiger partial charge >= 0.3 is 5.97 Å². The van der Waals surface area contributed by atoms with Crippen molar-refractivity contribution in [1.82, 2.24) is 9.97 Å². The van der Waals surface area contributed by atoms with Crippen molar-refractivity contribution in [2.24, 2.45) is 0 Å². The van der Waals surface area contributed by atoms with Crippen molar-refractivity contribution in [2.75, 3.05) is 5.32 Å². The van der Waals surface area contributed by atoms with E-state index < -0.39 is 10.7 Å². The van der Waals surface area contributed by atoms with Crippen LogP contribution in [0.2, 0.25) is 0 Å². The molecule has 3 aromatic rings. The number of carboxylic acid groups (broad SMARTS) is 1. The lowest BCUT2D eigenvalue weighted by Crippen LogP contribution is -2.42. The molecule has 0 amide bonds. The van der Waals surface area contributed by atoms with Crippen LogP contribution in [-0.2, 0) is 22.7 Å². The average Bonchev–Trinajstić information content (AvgIpc) is 3.47. The average molecular weight is 434 g/mol. The van der Waals surface area contributed by atoms with E-state index in [0.29, 0.717) is 42.9 Å². The number of fused-ring (bicyclic) bond motifs is 2. The first-order chi connectivity index (χ1) is 15.1. The van der Waals surface area contributed by atoms with Crippen LogP contribution in [0.25, 0.3) is 10.8 Å². The predicted octanol–water partition coefficient (Wildman–Crippen LogP) is 5.38. The van der Waals surface area contributed by atoms with Gasteiger partial charge in [-0.15, -0.1) is 0 Å². The van der Waals surface area contributed by atoms with Crippen LogP contribution < -0.4 is 5.32 Å². The molecule has 6 nitrogen and oxygen atoms in total. The lowest BCUT2D eigenvalue weighted by Gasteiger charge is -2.36. The van der Waals surface area contributed by atoms with Gasteiger partial charge in [0.05, 0.1) is 18.9 Å². The topological polar surface area (TPSA) is 84.3 Å². The van der Waals surface area contributed by atoms with E-state index in [0.717, 1.165) is 23.4 Å². The van der Waals surface area contributed by atoms with E-state index in [1.807, 2.05) is 0 Å². The van der Waals surface area contributed by atoms with Crippen molar-refractivity contribution in [3.63, 3.8) is 0 Å². The van der Waals surface area contributed by atoms with Gasteiger partial charge in [0.25, 0.3) is 0 Å². The third kappa shape index (κ3) is 3.27. The van der Waals surface area contributed by atoms with Crippen molar-refractivity contribution < 1.29 is 14.6 Å². The molecule has 0 bridgehead atoms. The zero-order chi connectivity index (χ0) is 21.0. The molecule has 2 aromatic carbocycles. The number of aliphatic carboxylic acids is 1. The standard InChI is InChI=1S/C24H23N3O3S/c28-22(29)24(10-3-11-24)31-23-26-20-13-30-12-18(20)21(27-23)25-19-9-8-15(14-6-7-14)16-4-1-2-5-17(16)19/h1-2,4-5,8-9,14H,3,6-7,10-13H2,(H,28,29)(H,25,26,27). The summed E-state index contributed by atoms with van der Waals surface area (Å²) >= 11 is 1.28. The van der Waals surface area contributed by atoms with E-state index in [1.165, 1.54) is 40.9 Å². The number of nitrogens with one attached hydrogen (secondary N) is 1. The number of carbonyl (C=O) groups is 1. The van der Waals surface area contributed by atoms with Crippen LogP contribution >= 0.6 is 11.8 Å². The zero-order valence-electron chi connectivity index (χ0n) is 17.1. The van der Waals surface area contributed by atoms with Gasteiger partial charge in [-0.2, -0.15) is 0 Å². The Hall–Kier alpha value is -2.64. The summed E-state index contributed by atoms with van der Waals surface area (Å²) in [6.45, 7) is 0.895. The molecule has 2 saturated carbocycles. The highest BCUT2D eigenvalue weighted by Gasteiger charge is 2.46. The number of rotatable bonds is 6. The molecule has 2 heterocycles. The van der Waals surface area contributed by atoms with Crippen LogP contribution in [0, 0.1) is 0 Å². The van der Waals surface area contributed by atoms with Crippen molar-refractivity contribution >= 4 is 40.0 Å². The number of hydrogen-bond donors (Lipinski definition) is 2. The predicted molar refractivity (Wildman–Crippen MR) is 120 cm³/mol. The van der Waals surface area contributed by atoms with Crippen molar-refractivity contribution in [2.45, 2.75) is 61.1 Å². The fourth-order valence-electron chi connectivity index (χ4n) is 4.52. The lowest BCUT2D eigenvalue weighted by molar-refractivity contribution is -0.142. The molecule has 2 aliphatic carbocycles. The molecule has 6 rings (SSSR count). The summed E-state index contributed by atoms with van der Waals surface area (Å²) < 4.78 is 4.84. The van der Waals surface area contributed by atoms with Gasteiger partial charge in [-0.1, -0.05) is 42.1 Å². The van der Waals surface area contributed by atoms with Gasteiger partial charge in [-0.3, -0.25) is 4.79 Å². The lowest BCUT2D eigenvalue weighted by atomic mass is 9.84. The molecule has 1 aromatic heterocycles. The van der Waals surface area contributed by atoms with E-state index in [9.17, 15) is 9.90 Å². The summed E-state index contributed by atoms with van der Waals surface area (Å²) in [5, 5.41) is 16.2. The minimum absolute atomic E-state index is 0.432. The van der Waals surface area contributed by atoms with Crippen LogP contribution in [0.4, 0.5) is 11.5 Å². The fraction of sp³-hybridized carbons (Fsp3) is 0.375. The smallest absolute Gasteiger partial charge is 0.320 e. The van der Waals surface area contributed by atoms with E-state index in [2.05, 4.69) is 46.7 Å². The number of anilines is 2. The van der Waals surface area contributed by atoms with Crippen LogP contribution in [0.3, 0.4) is 0 Å². The highest BCUT2D eigenvalue weighted by atomic mass is 32.2. The van der Waals surface area contributed by atoms with Crippen molar-refractivity contribution in [3.05, 3.63) is 53.2 Å². The molecule has 1 aliphatic heterocycles. The maximum absolute atomic E-state index is 11.8. The molecule has 0 saturated heterocycles. The largest absolute Gasteiger partial charge is 0.480 e. The Balaban J connectivity index is 1.39. The Morgan fingerprint density at radius 3 is 2.61 bits per heavy atom. The Morgan fingerprint density at radius 1 is 1.10 bits per heavy atom. The highest BCUT2D eigenvalue weighted by Crippen LogP contribution is 2.48. The monoisotopic (exact) mass is 433 g/mol. The first-order valence-electron chi connectivity index (χ1n) is 10.8. The molecule has 0 spiro atoms. The Bertz CT molecular complexity index is 1200. The second-order valence-corrected chi connectivity index (χ2v) is 10.0. The van der Waals surface area contributed by atoms with Gasteiger partial charge in [-0.25, -0.2) is 9.97 Å². The zero-order valence-corrected chi connectivity index (χ0v) is 17.9. The minimum Gasteiger partial charge on any atom is -0.480 e. The van der Waals surface area contributed by atoms with Crippen molar-refractivity contribution in [3.8, 4) is 0 Å². The number of nitrogens with zero attached hydrogens (tertiary/aromatic N) is 2. The molecule has 7 heteroatoms. The molecule has 0 unspecified atom stereocenters. The maximum atomic E-state index is 11.8. The quantitative estimate of drug-likeness (QED) is 0.505. The highest BCUT2D eigenvalue weighted by molar-refractivity contribution is 8.01. The molecule has 0 radical (unpaired) electrons. The third-order valence-electron chi connectivity index (χ3n) is 6.62. The number of hydrogen-bond acceptors (Lipinski definition) is 6. The minimum atomic E-state index is -0.802.